The van der Waals surface area contributed by atoms with Gasteiger partial charge in [0.1, 0.15) is 6.04 Å². The highest BCUT2D eigenvalue weighted by Gasteiger charge is 2.35. The number of fused-ring (bicyclic) bond motifs is 1. The van der Waals surface area contributed by atoms with Gasteiger partial charge in [0, 0.05) is 12.3 Å². The highest BCUT2D eigenvalue weighted by molar-refractivity contribution is 7.99. The molecule has 29 heavy (non-hydrogen) atoms. The molecule has 0 saturated heterocycles. The summed E-state index contributed by atoms with van der Waals surface area (Å²) in [7, 11) is -3.22. The molecule has 0 aliphatic carbocycles. The van der Waals surface area contributed by atoms with Crippen molar-refractivity contribution in [3.8, 4) is 0 Å². The Hall–Kier alpha value is -1.58. The van der Waals surface area contributed by atoms with Gasteiger partial charge >= 0.3 is 5.97 Å². The first-order valence-corrected chi connectivity index (χ1v) is 12.5. The van der Waals surface area contributed by atoms with E-state index in [0.29, 0.717) is 30.3 Å². The lowest BCUT2D eigenvalue weighted by atomic mass is 9.86. The van der Waals surface area contributed by atoms with Crippen molar-refractivity contribution in [2.45, 2.75) is 58.2 Å². The minimum atomic E-state index is -3.22. The van der Waals surface area contributed by atoms with E-state index in [4.69, 9.17) is 0 Å². The van der Waals surface area contributed by atoms with Crippen LogP contribution in [-0.2, 0) is 14.8 Å². The van der Waals surface area contributed by atoms with Crippen molar-refractivity contribution in [2.75, 3.05) is 18.1 Å². The second-order valence-corrected chi connectivity index (χ2v) is 11.1. The van der Waals surface area contributed by atoms with Crippen molar-refractivity contribution in [3.05, 3.63) is 24.3 Å². The van der Waals surface area contributed by atoms with E-state index in [1.165, 1.54) is 11.8 Å². The van der Waals surface area contributed by atoms with Crippen molar-refractivity contribution in [2.24, 2.45) is 5.41 Å². The van der Waals surface area contributed by atoms with Crippen LogP contribution in [0.15, 0.2) is 29.4 Å². The predicted octanol–water partition coefficient (Wildman–Crippen LogP) is 3.91. The number of carboxylic acids is 1. The molecule has 0 amide bonds. The first-order chi connectivity index (χ1) is 13.6. The average molecular weight is 442 g/mol. The normalized spacial score (nSPS) is 13.7. The van der Waals surface area contributed by atoms with Crippen LogP contribution in [0.4, 0.5) is 0 Å². The molecule has 1 aromatic carbocycles. The smallest absolute Gasteiger partial charge is 0.327 e. The number of unbranched alkanes of at least 4 members (excludes halogenated alkanes) is 1. The molecular weight excluding hydrogens is 410 g/mol. The number of hydrogen-bond acceptors (Lipinski definition) is 5. The summed E-state index contributed by atoms with van der Waals surface area (Å²) in [6.45, 7) is 8.03. The van der Waals surface area contributed by atoms with Crippen LogP contribution in [-0.4, -0.2) is 47.1 Å². The summed E-state index contributed by atoms with van der Waals surface area (Å²) in [4.78, 5) is 16.7. The zero-order chi connectivity index (χ0) is 21.7. The van der Waals surface area contributed by atoms with Crippen molar-refractivity contribution < 1.29 is 18.3 Å². The van der Waals surface area contributed by atoms with Gasteiger partial charge in [0.05, 0.1) is 16.8 Å². The van der Waals surface area contributed by atoms with Gasteiger partial charge in [0.15, 0.2) is 5.16 Å². The van der Waals surface area contributed by atoms with Crippen LogP contribution >= 0.6 is 11.8 Å². The molecule has 9 heteroatoms. The predicted molar refractivity (Wildman–Crippen MR) is 118 cm³/mol. The molecule has 162 valence electrons. The Kier molecular flexibility index (Phi) is 8.13. The molecule has 1 aromatic heterocycles. The number of benzene rings is 1. The molecule has 0 bridgehead atoms. The lowest BCUT2D eigenvalue weighted by molar-refractivity contribution is -0.144. The molecule has 1 unspecified atom stereocenters. The minimum Gasteiger partial charge on any atom is -0.480 e. The number of aromatic nitrogens is 2. The Labute approximate surface area is 177 Å². The van der Waals surface area contributed by atoms with Gasteiger partial charge in [-0.25, -0.2) is 22.9 Å². The van der Waals surface area contributed by atoms with Gasteiger partial charge in [-0.05, 0) is 30.4 Å². The average Bonchev–Trinajstić information content (AvgIpc) is 2.96. The Morgan fingerprint density at radius 3 is 2.59 bits per heavy atom. The fraction of sp³-hybridized carbons (Fsp3) is 0.600. The standard InChI is InChI=1S/C20H31N3O4S2/c1-5-6-14-29(26,27)21-12-9-13-28-19-22-15-10-7-8-11-16(15)23(19)17(18(24)25)20(2,3)4/h7-8,10-11,17,21H,5-6,9,12-14H2,1-4H3,(H,24,25). The quantitative estimate of drug-likeness (QED) is 0.405. The van der Waals surface area contributed by atoms with Crippen LogP contribution in [0.2, 0.25) is 0 Å². The number of thioether (sulfide) groups is 1. The van der Waals surface area contributed by atoms with Crippen LogP contribution in [0, 0.1) is 5.41 Å². The zero-order valence-electron chi connectivity index (χ0n) is 17.5. The topological polar surface area (TPSA) is 101 Å². The van der Waals surface area contributed by atoms with E-state index >= 15 is 0 Å². The molecule has 0 spiro atoms. The maximum absolute atomic E-state index is 12.1. The number of nitrogens with zero attached hydrogens (tertiary/aromatic N) is 2. The van der Waals surface area contributed by atoms with E-state index in [0.717, 1.165) is 17.5 Å². The second-order valence-electron chi connectivity index (χ2n) is 8.13. The summed E-state index contributed by atoms with van der Waals surface area (Å²) >= 11 is 1.46. The molecule has 1 atom stereocenters. The molecule has 0 aliphatic heterocycles. The monoisotopic (exact) mass is 441 g/mol. The van der Waals surface area contributed by atoms with E-state index in [2.05, 4.69) is 9.71 Å². The zero-order valence-corrected chi connectivity index (χ0v) is 19.1. The fourth-order valence-electron chi connectivity index (χ4n) is 3.11. The number of carbonyl (C=O) groups is 1. The fourth-order valence-corrected chi connectivity index (χ4v) is 5.36. The molecule has 0 aliphatic rings. The van der Waals surface area contributed by atoms with Crippen LogP contribution in [0.1, 0.15) is 53.0 Å². The van der Waals surface area contributed by atoms with Gasteiger partial charge in [-0.2, -0.15) is 0 Å². The largest absolute Gasteiger partial charge is 0.480 e. The van der Waals surface area contributed by atoms with Crippen molar-refractivity contribution in [3.63, 3.8) is 0 Å². The highest BCUT2D eigenvalue weighted by atomic mass is 32.2. The van der Waals surface area contributed by atoms with E-state index in [1.807, 2.05) is 52.0 Å². The van der Waals surface area contributed by atoms with Crippen LogP contribution < -0.4 is 4.72 Å². The number of hydrogen-bond donors (Lipinski definition) is 2. The van der Waals surface area contributed by atoms with Gasteiger partial charge in [-0.3, -0.25) is 0 Å². The molecule has 0 fully saturated rings. The van der Waals surface area contributed by atoms with Gasteiger partial charge in [-0.15, -0.1) is 0 Å². The van der Waals surface area contributed by atoms with Gasteiger partial charge < -0.3 is 9.67 Å². The van der Waals surface area contributed by atoms with Crippen molar-refractivity contribution in [1.82, 2.24) is 14.3 Å². The summed E-state index contributed by atoms with van der Waals surface area (Å²) < 4.78 is 28.2. The molecule has 2 aromatic rings. The number of aliphatic carboxylic acids is 1. The van der Waals surface area contributed by atoms with Crippen molar-refractivity contribution in [1.29, 1.82) is 0 Å². The van der Waals surface area contributed by atoms with E-state index < -0.39 is 27.4 Å². The number of rotatable bonds is 11. The maximum Gasteiger partial charge on any atom is 0.327 e. The van der Waals surface area contributed by atoms with Gasteiger partial charge in [0.2, 0.25) is 10.0 Å². The molecule has 0 saturated carbocycles. The maximum atomic E-state index is 12.1. The molecule has 1 heterocycles. The van der Waals surface area contributed by atoms with Crippen LogP contribution in [0.3, 0.4) is 0 Å². The summed E-state index contributed by atoms with van der Waals surface area (Å²) in [5.41, 5.74) is 1.04. The lowest BCUT2D eigenvalue weighted by Crippen LogP contribution is -2.32. The van der Waals surface area contributed by atoms with E-state index in [9.17, 15) is 18.3 Å². The molecule has 2 N–H and O–H groups in total. The molecule has 0 radical (unpaired) electrons. The molecule has 2 rings (SSSR count). The van der Waals surface area contributed by atoms with Gasteiger partial charge in [-0.1, -0.05) is 58.0 Å². The lowest BCUT2D eigenvalue weighted by Gasteiger charge is -2.29. The highest BCUT2D eigenvalue weighted by Crippen LogP contribution is 2.37. The third-order valence-corrected chi connectivity index (χ3v) is 7.03. The molecular formula is C20H31N3O4S2. The van der Waals surface area contributed by atoms with E-state index in [-0.39, 0.29) is 5.75 Å². The Bertz CT molecular complexity index is 933. The first-order valence-electron chi connectivity index (χ1n) is 9.86. The summed E-state index contributed by atoms with van der Waals surface area (Å²) in [5, 5.41) is 10.5. The number of nitrogens with one attached hydrogen (secondary N) is 1. The Balaban J connectivity index is 2.14. The summed E-state index contributed by atoms with van der Waals surface area (Å²) in [6, 6.07) is 6.76. The number of imidazole rings is 1. The number of para-hydroxylation sites is 2. The summed E-state index contributed by atoms with van der Waals surface area (Å²) in [5.74, 6) is -0.111. The number of sulfonamides is 1. The van der Waals surface area contributed by atoms with E-state index in [1.54, 1.807) is 4.57 Å². The third-order valence-electron chi connectivity index (χ3n) is 4.52. The SMILES string of the molecule is CCCCS(=O)(=O)NCCCSc1nc2ccccc2n1C(C(=O)O)C(C)(C)C. The van der Waals surface area contributed by atoms with Crippen LogP contribution in [0.25, 0.3) is 11.0 Å². The summed E-state index contributed by atoms with van der Waals surface area (Å²) in [6.07, 6.45) is 2.12. The number of carboxylic acid groups (broad SMARTS) is 1. The second kappa shape index (κ2) is 9.95. The molecule has 7 nitrogen and oxygen atoms in total. The Morgan fingerprint density at radius 1 is 1.28 bits per heavy atom. The van der Waals surface area contributed by atoms with Crippen LogP contribution in [0.5, 0.6) is 0 Å². The first kappa shape index (κ1) is 23.7. The third kappa shape index (κ3) is 6.45. The minimum absolute atomic E-state index is 0.151. The Morgan fingerprint density at radius 2 is 1.97 bits per heavy atom. The van der Waals surface area contributed by atoms with Gasteiger partial charge in [0.25, 0.3) is 0 Å². The van der Waals surface area contributed by atoms with Crippen molar-refractivity contribution >= 4 is 38.8 Å².